The average Bonchev–Trinajstić information content (AvgIpc) is 3.12. The third-order valence-electron chi connectivity index (χ3n) is 5.62. The Morgan fingerprint density at radius 3 is 2.77 bits per heavy atom. The minimum atomic E-state index is -0.754. The number of hydrogen-bond acceptors (Lipinski definition) is 5. The van der Waals surface area contributed by atoms with E-state index in [4.69, 9.17) is 5.11 Å². The lowest BCUT2D eigenvalue weighted by atomic mass is 10.0. The third kappa shape index (κ3) is 4.84. The van der Waals surface area contributed by atoms with Gasteiger partial charge in [0.25, 0.3) is 0 Å². The van der Waals surface area contributed by atoms with Crippen molar-refractivity contribution in [3.05, 3.63) is 21.9 Å². The van der Waals surface area contributed by atoms with E-state index in [0.717, 1.165) is 58.5 Å². The van der Waals surface area contributed by atoms with Crippen LogP contribution < -0.4 is 0 Å². The molecule has 0 bridgehead atoms. The Kier molecular flexibility index (Phi) is 6.67. The van der Waals surface area contributed by atoms with Crippen LogP contribution in [0.15, 0.2) is 11.4 Å². The number of thiophene rings is 1. The maximum absolute atomic E-state index is 12.5. The molecule has 1 amide bonds. The lowest BCUT2D eigenvalue weighted by Crippen LogP contribution is -2.47. The Morgan fingerprint density at radius 2 is 2.08 bits per heavy atom. The van der Waals surface area contributed by atoms with Crippen LogP contribution in [-0.2, 0) is 22.6 Å². The minimum Gasteiger partial charge on any atom is -0.480 e. The van der Waals surface area contributed by atoms with Crippen molar-refractivity contribution in [2.24, 2.45) is 0 Å². The second-order valence-corrected chi connectivity index (χ2v) is 8.21. The van der Waals surface area contributed by atoms with E-state index in [2.05, 4.69) is 21.2 Å². The van der Waals surface area contributed by atoms with Gasteiger partial charge in [0.2, 0.25) is 5.91 Å². The molecule has 0 spiro atoms. The van der Waals surface area contributed by atoms with Crippen LogP contribution in [0.3, 0.4) is 0 Å². The fraction of sp³-hybridized carbons (Fsp3) is 0.684. The van der Waals surface area contributed by atoms with Gasteiger partial charge in [-0.25, -0.2) is 0 Å². The molecular weight excluding hydrogens is 350 g/mol. The maximum Gasteiger partial charge on any atom is 0.317 e. The molecule has 0 saturated carbocycles. The van der Waals surface area contributed by atoms with Crippen molar-refractivity contribution in [3.8, 4) is 0 Å². The summed E-state index contributed by atoms with van der Waals surface area (Å²) in [5.74, 6) is -0.500. The van der Waals surface area contributed by atoms with Gasteiger partial charge in [-0.05, 0) is 55.9 Å². The number of piperidine rings is 1. The van der Waals surface area contributed by atoms with Crippen LogP contribution in [0.1, 0.15) is 36.6 Å². The number of carbonyl (C=O) groups excluding carboxylic acids is 1. The number of carboxylic acids is 1. The van der Waals surface area contributed by atoms with Gasteiger partial charge in [0, 0.05) is 37.0 Å². The molecule has 0 aromatic carbocycles. The molecule has 144 valence electrons. The number of nitrogens with zero attached hydrogens (tertiary/aromatic N) is 3. The monoisotopic (exact) mass is 379 g/mol. The van der Waals surface area contributed by atoms with E-state index in [1.807, 2.05) is 11.8 Å². The second kappa shape index (κ2) is 8.97. The van der Waals surface area contributed by atoms with Crippen molar-refractivity contribution in [1.29, 1.82) is 0 Å². The summed E-state index contributed by atoms with van der Waals surface area (Å²) in [5.41, 5.74) is 1.31. The highest BCUT2D eigenvalue weighted by atomic mass is 32.1. The first-order valence-electron chi connectivity index (χ1n) is 9.58. The van der Waals surface area contributed by atoms with Crippen molar-refractivity contribution in [3.63, 3.8) is 0 Å². The Hall–Kier alpha value is -1.44. The number of amides is 1. The van der Waals surface area contributed by atoms with Crippen LogP contribution in [0.25, 0.3) is 0 Å². The van der Waals surface area contributed by atoms with Gasteiger partial charge in [-0.3, -0.25) is 14.5 Å². The van der Waals surface area contributed by atoms with Crippen LogP contribution in [0.2, 0.25) is 0 Å². The van der Waals surface area contributed by atoms with Crippen LogP contribution in [0, 0.1) is 0 Å². The van der Waals surface area contributed by atoms with Gasteiger partial charge in [0.15, 0.2) is 0 Å². The standard InChI is InChI=1S/C19H29N3O3S/c1-2-21(14-19(24)25)16-3-8-20(9-4-16)10-6-18(23)22-11-5-17-15(13-22)7-12-26-17/h7,12,16H,2-6,8-11,13-14H2,1H3,(H,24,25). The number of likely N-dealkylation sites (N-methyl/N-ethyl adjacent to an activating group) is 1. The molecule has 2 aliphatic rings. The average molecular weight is 380 g/mol. The van der Waals surface area contributed by atoms with Gasteiger partial charge >= 0.3 is 5.97 Å². The molecule has 3 rings (SSSR count). The molecule has 3 heterocycles. The predicted octanol–water partition coefficient (Wildman–Crippen LogP) is 1.89. The number of carboxylic acid groups (broad SMARTS) is 1. The molecule has 0 aliphatic carbocycles. The van der Waals surface area contributed by atoms with Gasteiger partial charge in [0.05, 0.1) is 6.54 Å². The van der Waals surface area contributed by atoms with Crippen LogP contribution >= 0.6 is 11.3 Å². The molecule has 0 radical (unpaired) electrons. The molecule has 1 aromatic rings. The number of aliphatic carboxylic acids is 1. The van der Waals surface area contributed by atoms with E-state index in [0.29, 0.717) is 12.5 Å². The number of likely N-dealkylation sites (tertiary alicyclic amines) is 1. The largest absolute Gasteiger partial charge is 0.480 e. The van der Waals surface area contributed by atoms with Crippen molar-refractivity contribution in [2.75, 3.05) is 39.3 Å². The van der Waals surface area contributed by atoms with Crippen molar-refractivity contribution < 1.29 is 14.7 Å². The molecule has 0 unspecified atom stereocenters. The Labute approximate surface area is 159 Å². The molecule has 26 heavy (non-hydrogen) atoms. The summed E-state index contributed by atoms with van der Waals surface area (Å²) in [6.45, 7) is 7.23. The fourth-order valence-electron chi connectivity index (χ4n) is 4.05. The van der Waals surface area contributed by atoms with E-state index >= 15 is 0 Å². The first kappa shape index (κ1) is 19.3. The van der Waals surface area contributed by atoms with Crippen LogP contribution in [0.4, 0.5) is 0 Å². The van der Waals surface area contributed by atoms with Crippen molar-refractivity contribution >= 4 is 23.2 Å². The van der Waals surface area contributed by atoms with Gasteiger partial charge in [0.1, 0.15) is 0 Å². The zero-order chi connectivity index (χ0) is 18.5. The predicted molar refractivity (Wildman–Crippen MR) is 102 cm³/mol. The zero-order valence-electron chi connectivity index (χ0n) is 15.5. The summed E-state index contributed by atoms with van der Waals surface area (Å²) in [4.78, 5) is 31.3. The molecule has 1 saturated heterocycles. The van der Waals surface area contributed by atoms with E-state index in [1.165, 1.54) is 10.4 Å². The van der Waals surface area contributed by atoms with Gasteiger partial charge in [-0.15, -0.1) is 11.3 Å². The first-order chi connectivity index (χ1) is 12.6. The molecule has 0 atom stereocenters. The molecule has 2 aliphatic heterocycles. The summed E-state index contributed by atoms with van der Waals surface area (Å²) < 4.78 is 0. The van der Waals surface area contributed by atoms with Gasteiger partial charge < -0.3 is 14.9 Å². The fourth-order valence-corrected chi connectivity index (χ4v) is 4.94. The number of carbonyl (C=O) groups is 2. The highest BCUT2D eigenvalue weighted by molar-refractivity contribution is 7.10. The Morgan fingerprint density at radius 1 is 1.31 bits per heavy atom. The van der Waals surface area contributed by atoms with E-state index in [-0.39, 0.29) is 12.5 Å². The summed E-state index contributed by atoms with van der Waals surface area (Å²) in [7, 11) is 0. The van der Waals surface area contributed by atoms with Gasteiger partial charge in [-0.1, -0.05) is 6.92 Å². The third-order valence-corrected chi connectivity index (χ3v) is 6.64. The summed E-state index contributed by atoms with van der Waals surface area (Å²) >= 11 is 1.80. The molecule has 6 nitrogen and oxygen atoms in total. The molecule has 1 fully saturated rings. The Balaban J connectivity index is 1.40. The SMILES string of the molecule is CCN(CC(=O)O)C1CCN(CCC(=O)N2CCc3sccc3C2)CC1. The smallest absolute Gasteiger partial charge is 0.317 e. The topological polar surface area (TPSA) is 64.1 Å². The van der Waals surface area contributed by atoms with Crippen molar-refractivity contribution in [2.45, 2.75) is 45.2 Å². The summed E-state index contributed by atoms with van der Waals surface area (Å²) in [6, 6.07) is 2.49. The molecule has 1 N–H and O–H groups in total. The second-order valence-electron chi connectivity index (χ2n) is 7.21. The van der Waals surface area contributed by atoms with E-state index in [9.17, 15) is 9.59 Å². The van der Waals surface area contributed by atoms with Crippen LogP contribution in [0.5, 0.6) is 0 Å². The number of rotatable bonds is 7. The molecule has 1 aromatic heterocycles. The van der Waals surface area contributed by atoms with E-state index in [1.54, 1.807) is 11.3 Å². The summed E-state index contributed by atoms with van der Waals surface area (Å²) in [5, 5.41) is 11.1. The number of hydrogen-bond donors (Lipinski definition) is 1. The van der Waals surface area contributed by atoms with Crippen LogP contribution in [-0.4, -0.2) is 77.0 Å². The maximum atomic E-state index is 12.5. The first-order valence-corrected chi connectivity index (χ1v) is 10.5. The lowest BCUT2D eigenvalue weighted by Gasteiger charge is -2.37. The summed E-state index contributed by atoms with van der Waals surface area (Å²) in [6.07, 6.45) is 3.53. The quantitative estimate of drug-likeness (QED) is 0.784. The number of fused-ring (bicyclic) bond motifs is 1. The van der Waals surface area contributed by atoms with E-state index < -0.39 is 5.97 Å². The highest BCUT2D eigenvalue weighted by Gasteiger charge is 2.26. The van der Waals surface area contributed by atoms with Crippen molar-refractivity contribution in [1.82, 2.24) is 14.7 Å². The van der Waals surface area contributed by atoms with Gasteiger partial charge in [-0.2, -0.15) is 0 Å². The zero-order valence-corrected chi connectivity index (χ0v) is 16.3. The minimum absolute atomic E-state index is 0.124. The normalized spacial score (nSPS) is 18.9. The molecule has 7 heteroatoms. The highest BCUT2D eigenvalue weighted by Crippen LogP contribution is 2.24. The molecular formula is C19H29N3O3S. The lowest BCUT2D eigenvalue weighted by molar-refractivity contribution is -0.139. The Bertz CT molecular complexity index is 625.